The highest BCUT2D eigenvalue weighted by molar-refractivity contribution is 6.31. The third-order valence-corrected chi connectivity index (χ3v) is 3.49. The van der Waals surface area contributed by atoms with E-state index in [0.29, 0.717) is 15.8 Å². The molecule has 0 aliphatic rings. The maximum atomic E-state index is 6.18. The zero-order valence-electron chi connectivity index (χ0n) is 9.81. The highest BCUT2D eigenvalue weighted by Crippen LogP contribution is 2.30. The van der Waals surface area contributed by atoms with E-state index in [4.69, 9.17) is 33.4 Å². The van der Waals surface area contributed by atoms with Crippen LogP contribution in [-0.2, 0) is 0 Å². The van der Waals surface area contributed by atoms with Crippen LogP contribution >= 0.6 is 23.2 Å². The van der Waals surface area contributed by atoms with Crippen LogP contribution in [0.3, 0.4) is 0 Å². The highest BCUT2D eigenvalue weighted by atomic mass is 35.5. The Labute approximate surface area is 119 Å². The molecule has 3 nitrogen and oxygen atoms in total. The van der Waals surface area contributed by atoms with Gasteiger partial charge in [-0.05, 0) is 35.9 Å². The maximum absolute atomic E-state index is 6.18. The number of pyridine rings is 1. The van der Waals surface area contributed by atoms with Crippen molar-refractivity contribution in [3.63, 3.8) is 0 Å². The summed E-state index contributed by atoms with van der Waals surface area (Å²) in [6, 6.07) is 8.67. The summed E-state index contributed by atoms with van der Waals surface area (Å²) in [6.45, 7) is 0. The van der Waals surface area contributed by atoms with Crippen molar-refractivity contribution in [1.29, 1.82) is 0 Å². The van der Waals surface area contributed by atoms with Gasteiger partial charge in [-0.2, -0.15) is 0 Å². The predicted octanol–water partition coefficient (Wildman–Crippen LogP) is 4.18. The Morgan fingerprint density at radius 2 is 2.00 bits per heavy atom. The van der Waals surface area contributed by atoms with Gasteiger partial charge in [0.25, 0.3) is 0 Å². The number of nitrogens with zero attached hydrogens (tertiary/aromatic N) is 1. The molecule has 0 saturated heterocycles. The van der Waals surface area contributed by atoms with Gasteiger partial charge in [-0.25, -0.2) is 0 Å². The van der Waals surface area contributed by atoms with Crippen LogP contribution in [0.2, 0.25) is 10.0 Å². The largest absolute Gasteiger partial charge is 0.459 e. The van der Waals surface area contributed by atoms with Gasteiger partial charge >= 0.3 is 0 Å². The van der Waals surface area contributed by atoms with Crippen LogP contribution in [0.4, 0.5) is 0 Å². The highest BCUT2D eigenvalue weighted by Gasteiger charge is 2.16. The molecular weight excluding hydrogens is 283 g/mol. The average molecular weight is 293 g/mol. The van der Waals surface area contributed by atoms with E-state index >= 15 is 0 Å². The van der Waals surface area contributed by atoms with E-state index in [0.717, 1.165) is 16.5 Å². The van der Waals surface area contributed by atoms with E-state index in [-0.39, 0.29) is 0 Å². The minimum Gasteiger partial charge on any atom is -0.459 e. The average Bonchev–Trinajstić information content (AvgIpc) is 2.81. The molecular formula is C14H10Cl2N2O. The Morgan fingerprint density at radius 3 is 2.79 bits per heavy atom. The van der Waals surface area contributed by atoms with Gasteiger partial charge in [0.2, 0.25) is 0 Å². The molecule has 0 amide bonds. The first-order valence-electron chi connectivity index (χ1n) is 5.69. The molecule has 0 aliphatic heterocycles. The van der Waals surface area contributed by atoms with E-state index in [9.17, 15) is 0 Å². The summed E-state index contributed by atoms with van der Waals surface area (Å²) in [5.74, 6) is 0.644. The van der Waals surface area contributed by atoms with Crippen molar-refractivity contribution >= 4 is 34.2 Å². The molecule has 0 fully saturated rings. The smallest absolute Gasteiger partial charge is 0.134 e. The Morgan fingerprint density at radius 1 is 1.16 bits per heavy atom. The van der Waals surface area contributed by atoms with Gasteiger partial charge in [0.15, 0.2) is 0 Å². The normalized spacial score (nSPS) is 12.8. The van der Waals surface area contributed by atoms with E-state index in [1.165, 1.54) is 0 Å². The van der Waals surface area contributed by atoms with Crippen molar-refractivity contribution in [3.05, 3.63) is 64.1 Å². The molecule has 2 aromatic heterocycles. The van der Waals surface area contributed by atoms with Crippen molar-refractivity contribution in [2.24, 2.45) is 5.73 Å². The van der Waals surface area contributed by atoms with E-state index < -0.39 is 6.04 Å². The summed E-state index contributed by atoms with van der Waals surface area (Å²) in [6.07, 6.45) is 3.22. The fourth-order valence-electron chi connectivity index (χ4n) is 1.98. The number of benzene rings is 1. The minimum atomic E-state index is -0.429. The predicted molar refractivity (Wildman–Crippen MR) is 76.5 cm³/mol. The molecule has 19 heavy (non-hydrogen) atoms. The molecule has 0 radical (unpaired) electrons. The van der Waals surface area contributed by atoms with Crippen LogP contribution in [0.25, 0.3) is 11.0 Å². The molecule has 0 bridgehead atoms. The number of aromatic nitrogens is 1. The topological polar surface area (TPSA) is 52.0 Å². The van der Waals surface area contributed by atoms with E-state index in [2.05, 4.69) is 4.98 Å². The lowest BCUT2D eigenvalue weighted by Crippen LogP contribution is -2.11. The van der Waals surface area contributed by atoms with Crippen LogP contribution in [0.5, 0.6) is 0 Å². The number of hydrogen-bond acceptors (Lipinski definition) is 3. The molecule has 3 aromatic rings. The number of furan rings is 1. The molecule has 2 heterocycles. The second-order valence-electron chi connectivity index (χ2n) is 4.21. The summed E-state index contributed by atoms with van der Waals surface area (Å²) < 4.78 is 5.73. The third-order valence-electron chi connectivity index (χ3n) is 2.94. The van der Waals surface area contributed by atoms with Crippen molar-refractivity contribution in [2.45, 2.75) is 6.04 Å². The zero-order chi connectivity index (χ0) is 13.4. The van der Waals surface area contributed by atoms with Crippen LogP contribution in [0.15, 0.2) is 47.1 Å². The van der Waals surface area contributed by atoms with Gasteiger partial charge in [-0.3, -0.25) is 4.98 Å². The third kappa shape index (κ3) is 2.32. The summed E-state index contributed by atoms with van der Waals surface area (Å²) in [4.78, 5) is 3.94. The lowest BCUT2D eigenvalue weighted by atomic mass is 10.1. The fraction of sp³-hybridized carbons (Fsp3) is 0.0714. The van der Waals surface area contributed by atoms with E-state index in [1.807, 2.05) is 18.2 Å². The second kappa shape index (κ2) is 4.85. The SMILES string of the molecule is NC(c1cc2cc(Cl)ccc2o1)c1ccncc1Cl. The lowest BCUT2D eigenvalue weighted by Gasteiger charge is -2.10. The van der Waals surface area contributed by atoms with Gasteiger partial charge in [0.05, 0.1) is 11.1 Å². The standard InChI is InChI=1S/C14H10Cl2N2O/c15-9-1-2-12-8(5-9)6-13(19-12)14(17)10-3-4-18-7-11(10)16/h1-7,14H,17H2. The van der Waals surface area contributed by atoms with Gasteiger partial charge in [-0.15, -0.1) is 0 Å². The number of fused-ring (bicyclic) bond motifs is 1. The lowest BCUT2D eigenvalue weighted by molar-refractivity contribution is 0.525. The second-order valence-corrected chi connectivity index (χ2v) is 5.05. The van der Waals surface area contributed by atoms with Gasteiger partial charge in [0, 0.05) is 22.8 Å². The number of nitrogens with two attached hydrogens (primary N) is 1. The Kier molecular flexibility index (Phi) is 3.19. The number of rotatable bonds is 2. The molecule has 0 aliphatic carbocycles. The maximum Gasteiger partial charge on any atom is 0.134 e. The fourth-order valence-corrected chi connectivity index (χ4v) is 2.40. The zero-order valence-corrected chi connectivity index (χ0v) is 11.3. The van der Waals surface area contributed by atoms with Gasteiger partial charge in [0.1, 0.15) is 11.3 Å². The molecule has 1 unspecified atom stereocenters. The summed E-state index contributed by atoms with van der Waals surface area (Å²) in [7, 11) is 0. The Balaban J connectivity index is 2.07. The first-order valence-corrected chi connectivity index (χ1v) is 6.45. The summed E-state index contributed by atoms with van der Waals surface area (Å²) >= 11 is 12.0. The van der Waals surface area contributed by atoms with Crippen molar-refractivity contribution < 1.29 is 4.42 Å². The molecule has 3 rings (SSSR count). The Bertz CT molecular complexity index is 739. The van der Waals surface area contributed by atoms with E-state index in [1.54, 1.807) is 24.5 Å². The van der Waals surface area contributed by atoms with Crippen LogP contribution in [0, 0.1) is 0 Å². The van der Waals surface area contributed by atoms with Crippen molar-refractivity contribution in [1.82, 2.24) is 4.98 Å². The summed E-state index contributed by atoms with van der Waals surface area (Å²) in [5, 5.41) is 2.10. The Hall–Kier alpha value is -1.55. The van der Waals surface area contributed by atoms with Crippen LogP contribution < -0.4 is 5.73 Å². The molecule has 5 heteroatoms. The molecule has 0 spiro atoms. The quantitative estimate of drug-likeness (QED) is 0.771. The van der Waals surface area contributed by atoms with Crippen molar-refractivity contribution in [3.8, 4) is 0 Å². The first kappa shape index (κ1) is 12.5. The van der Waals surface area contributed by atoms with Crippen molar-refractivity contribution in [2.75, 3.05) is 0 Å². The van der Waals surface area contributed by atoms with Crippen LogP contribution in [0.1, 0.15) is 17.4 Å². The van der Waals surface area contributed by atoms with Gasteiger partial charge < -0.3 is 10.2 Å². The molecule has 96 valence electrons. The molecule has 1 atom stereocenters. The molecule has 0 saturated carbocycles. The monoisotopic (exact) mass is 292 g/mol. The first-order chi connectivity index (χ1) is 9.15. The summed E-state index contributed by atoms with van der Waals surface area (Å²) in [5.41, 5.74) is 7.71. The van der Waals surface area contributed by atoms with Crippen LogP contribution in [-0.4, -0.2) is 4.98 Å². The number of halogens is 2. The molecule has 1 aromatic carbocycles. The minimum absolute atomic E-state index is 0.429. The number of hydrogen-bond donors (Lipinski definition) is 1. The van der Waals surface area contributed by atoms with Gasteiger partial charge in [-0.1, -0.05) is 23.2 Å². The molecule has 2 N–H and O–H groups in total.